The van der Waals surface area contributed by atoms with Crippen LogP contribution in [0.3, 0.4) is 0 Å². The van der Waals surface area contributed by atoms with E-state index in [1.54, 1.807) is 7.11 Å². The minimum atomic E-state index is 0.141. The number of carbonyl (C=O) groups is 1. The molecule has 2 rings (SSSR count). The van der Waals surface area contributed by atoms with Gasteiger partial charge in [0.2, 0.25) is 5.91 Å². The molecule has 1 atom stereocenters. The summed E-state index contributed by atoms with van der Waals surface area (Å²) in [6.07, 6.45) is 1.73. The van der Waals surface area contributed by atoms with Crippen molar-refractivity contribution in [1.82, 2.24) is 10.6 Å². The molecule has 1 aromatic rings. The second-order valence-corrected chi connectivity index (χ2v) is 5.14. The molecular formula is C15H22N2O2. The van der Waals surface area contributed by atoms with Gasteiger partial charge in [0, 0.05) is 13.0 Å². The summed E-state index contributed by atoms with van der Waals surface area (Å²) < 4.78 is 5.22. The van der Waals surface area contributed by atoms with Crippen molar-refractivity contribution in [1.29, 1.82) is 0 Å². The van der Waals surface area contributed by atoms with E-state index in [0.29, 0.717) is 18.9 Å². The molecule has 0 radical (unpaired) electrons. The van der Waals surface area contributed by atoms with Gasteiger partial charge in [-0.2, -0.15) is 0 Å². The largest absolute Gasteiger partial charge is 0.496 e. The number of aryl methyl sites for hydroxylation is 1. The molecule has 0 aromatic heterocycles. The van der Waals surface area contributed by atoms with Gasteiger partial charge in [-0.15, -0.1) is 0 Å². The predicted molar refractivity (Wildman–Crippen MR) is 75.2 cm³/mol. The van der Waals surface area contributed by atoms with Gasteiger partial charge in [-0.05, 0) is 49.5 Å². The van der Waals surface area contributed by atoms with Gasteiger partial charge in [0.15, 0.2) is 0 Å². The fourth-order valence-corrected chi connectivity index (χ4v) is 2.47. The highest BCUT2D eigenvalue weighted by Gasteiger charge is 2.17. The summed E-state index contributed by atoms with van der Waals surface area (Å²) in [5, 5.41) is 6.26. The van der Waals surface area contributed by atoms with E-state index in [0.717, 1.165) is 36.4 Å². The van der Waals surface area contributed by atoms with Gasteiger partial charge in [0.05, 0.1) is 7.11 Å². The summed E-state index contributed by atoms with van der Waals surface area (Å²) in [7, 11) is 1.67. The lowest BCUT2D eigenvalue weighted by Crippen LogP contribution is -2.25. The molecule has 4 heteroatoms. The first kappa shape index (κ1) is 13.9. The quantitative estimate of drug-likeness (QED) is 0.848. The number of hydrogen-bond acceptors (Lipinski definition) is 3. The molecule has 19 heavy (non-hydrogen) atoms. The summed E-state index contributed by atoms with van der Waals surface area (Å²) >= 11 is 0. The number of ether oxygens (including phenoxy) is 1. The Labute approximate surface area is 114 Å². The first-order valence-corrected chi connectivity index (χ1v) is 6.80. The average molecular weight is 262 g/mol. The number of carbonyl (C=O) groups excluding carboxylic acids is 1. The number of amides is 1. The maximum atomic E-state index is 11.8. The van der Waals surface area contributed by atoms with Gasteiger partial charge in [-0.25, -0.2) is 0 Å². The van der Waals surface area contributed by atoms with Gasteiger partial charge in [0.1, 0.15) is 5.75 Å². The fraction of sp³-hybridized carbons (Fsp3) is 0.533. The van der Waals surface area contributed by atoms with Gasteiger partial charge < -0.3 is 15.4 Å². The van der Waals surface area contributed by atoms with Crippen molar-refractivity contribution >= 4 is 5.91 Å². The Morgan fingerprint density at radius 1 is 1.53 bits per heavy atom. The van der Waals surface area contributed by atoms with Gasteiger partial charge in [0.25, 0.3) is 0 Å². The van der Waals surface area contributed by atoms with E-state index >= 15 is 0 Å². The van der Waals surface area contributed by atoms with E-state index in [4.69, 9.17) is 4.74 Å². The second-order valence-electron chi connectivity index (χ2n) is 5.14. The van der Waals surface area contributed by atoms with Crippen molar-refractivity contribution < 1.29 is 9.53 Å². The summed E-state index contributed by atoms with van der Waals surface area (Å²) in [4.78, 5) is 11.8. The Morgan fingerprint density at radius 2 is 2.37 bits per heavy atom. The van der Waals surface area contributed by atoms with Crippen LogP contribution in [0, 0.1) is 12.8 Å². The Bertz CT molecular complexity index is 440. The summed E-state index contributed by atoms with van der Waals surface area (Å²) in [5.74, 6) is 1.52. The van der Waals surface area contributed by atoms with Crippen molar-refractivity contribution in [3.63, 3.8) is 0 Å². The van der Waals surface area contributed by atoms with Crippen LogP contribution in [0.4, 0.5) is 0 Å². The molecule has 2 N–H and O–H groups in total. The van der Waals surface area contributed by atoms with E-state index < -0.39 is 0 Å². The van der Waals surface area contributed by atoms with Crippen molar-refractivity contribution in [3.8, 4) is 5.75 Å². The summed E-state index contributed by atoms with van der Waals surface area (Å²) in [6.45, 7) is 4.60. The molecule has 0 saturated carbocycles. The van der Waals surface area contributed by atoms with E-state index in [2.05, 4.69) is 16.7 Å². The third-order valence-electron chi connectivity index (χ3n) is 3.59. The molecule has 104 valence electrons. The average Bonchev–Trinajstić information content (AvgIpc) is 2.89. The Kier molecular flexibility index (Phi) is 4.80. The number of nitrogens with one attached hydrogen (secondary N) is 2. The number of methoxy groups -OCH3 is 1. The lowest BCUT2D eigenvalue weighted by atomic mass is 10.0. The minimum absolute atomic E-state index is 0.141. The first-order chi connectivity index (χ1) is 9.19. The highest BCUT2D eigenvalue weighted by atomic mass is 16.5. The second kappa shape index (κ2) is 6.57. The van der Waals surface area contributed by atoms with E-state index in [1.807, 2.05) is 19.1 Å². The molecule has 4 nitrogen and oxygen atoms in total. The Morgan fingerprint density at radius 3 is 3.00 bits per heavy atom. The van der Waals surface area contributed by atoms with Crippen molar-refractivity contribution in [3.05, 3.63) is 29.3 Å². The zero-order valence-electron chi connectivity index (χ0n) is 11.7. The van der Waals surface area contributed by atoms with Gasteiger partial charge in [-0.1, -0.05) is 12.1 Å². The van der Waals surface area contributed by atoms with Crippen molar-refractivity contribution in [2.45, 2.75) is 26.3 Å². The zero-order valence-corrected chi connectivity index (χ0v) is 11.7. The van der Waals surface area contributed by atoms with Gasteiger partial charge in [-0.3, -0.25) is 4.79 Å². The smallest absolute Gasteiger partial charge is 0.220 e. The molecule has 1 saturated heterocycles. The molecule has 0 spiro atoms. The van der Waals surface area contributed by atoms with E-state index in [1.165, 1.54) is 0 Å². The Balaban J connectivity index is 1.81. The highest BCUT2D eigenvalue weighted by Crippen LogP contribution is 2.18. The monoisotopic (exact) mass is 262 g/mol. The first-order valence-electron chi connectivity index (χ1n) is 6.80. The Hall–Kier alpha value is -1.55. The number of hydrogen-bond donors (Lipinski definition) is 2. The SMILES string of the molecule is COc1ccc(CNC(=O)CC2CCNC2)cc1C. The van der Waals surface area contributed by atoms with Crippen LogP contribution in [-0.2, 0) is 11.3 Å². The molecular weight excluding hydrogens is 240 g/mol. The molecule has 0 bridgehead atoms. The van der Waals surface area contributed by atoms with Crippen LogP contribution in [0.5, 0.6) is 5.75 Å². The zero-order chi connectivity index (χ0) is 13.7. The fourth-order valence-electron chi connectivity index (χ4n) is 2.47. The lowest BCUT2D eigenvalue weighted by molar-refractivity contribution is -0.122. The van der Waals surface area contributed by atoms with E-state index in [9.17, 15) is 4.79 Å². The van der Waals surface area contributed by atoms with Crippen LogP contribution in [0.15, 0.2) is 18.2 Å². The predicted octanol–water partition coefficient (Wildman–Crippen LogP) is 1.62. The molecule has 1 aliphatic heterocycles. The number of rotatable bonds is 5. The van der Waals surface area contributed by atoms with Gasteiger partial charge >= 0.3 is 0 Å². The van der Waals surface area contributed by atoms with Crippen LogP contribution in [0.2, 0.25) is 0 Å². The molecule has 1 fully saturated rings. The van der Waals surface area contributed by atoms with Crippen LogP contribution in [0.25, 0.3) is 0 Å². The molecule has 1 heterocycles. The van der Waals surface area contributed by atoms with Crippen LogP contribution in [-0.4, -0.2) is 26.1 Å². The van der Waals surface area contributed by atoms with Crippen molar-refractivity contribution in [2.24, 2.45) is 5.92 Å². The topological polar surface area (TPSA) is 50.4 Å². The van der Waals surface area contributed by atoms with Crippen LogP contribution < -0.4 is 15.4 Å². The highest BCUT2D eigenvalue weighted by molar-refractivity contribution is 5.76. The maximum Gasteiger partial charge on any atom is 0.220 e. The number of benzene rings is 1. The molecule has 0 aliphatic carbocycles. The van der Waals surface area contributed by atoms with E-state index in [-0.39, 0.29) is 5.91 Å². The standard InChI is InChI=1S/C15H22N2O2/c1-11-7-12(3-4-14(11)19-2)10-17-15(18)8-13-5-6-16-9-13/h3-4,7,13,16H,5-6,8-10H2,1-2H3,(H,17,18). The normalized spacial score (nSPS) is 18.3. The molecule has 1 amide bonds. The molecule has 1 aliphatic rings. The third-order valence-corrected chi connectivity index (χ3v) is 3.59. The van der Waals surface area contributed by atoms with Crippen LogP contribution >= 0.6 is 0 Å². The summed E-state index contributed by atoms with van der Waals surface area (Å²) in [6, 6.07) is 5.98. The molecule has 1 unspecified atom stereocenters. The van der Waals surface area contributed by atoms with Crippen LogP contribution in [0.1, 0.15) is 24.0 Å². The van der Waals surface area contributed by atoms with Crippen molar-refractivity contribution in [2.75, 3.05) is 20.2 Å². The molecule has 1 aromatic carbocycles. The lowest BCUT2D eigenvalue weighted by Gasteiger charge is -2.10. The minimum Gasteiger partial charge on any atom is -0.496 e. The maximum absolute atomic E-state index is 11.8. The third kappa shape index (κ3) is 3.96. The summed E-state index contributed by atoms with van der Waals surface area (Å²) in [5.41, 5.74) is 2.20.